The van der Waals surface area contributed by atoms with Gasteiger partial charge >= 0.3 is 17.9 Å². The maximum atomic E-state index is 12.5. The number of esters is 1. The largest absolute Gasteiger partial charge is 0.478 e. The third-order valence-electron chi connectivity index (χ3n) is 4.11. The first kappa shape index (κ1) is 26.0. The highest BCUT2D eigenvalue weighted by Crippen LogP contribution is 2.18. The molecule has 1 rings (SSSR count). The summed E-state index contributed by atoms with van der Waals surface area (Å²) >= 11 is 0. The predicted molar refractivity (Wildman–Crippen MR) is 111 cm³/mol. The average Bonchev–Trinajstić information content (AvgIpc) is 2.73. The molecule has 0 saturated heterocycles. The van der Waals surface area contributed by atoms with E-state index in [9.17, 15) is 9.59 Å². The van der Waals surface area contributed by atoms with Crippen LogP contribution in [0.15, 0.2) is 24.3 Å². The molecule has 0 fully saturated rings. The molecular formula is C22H34O8. The van der Waals surface area contributed by atoms with Gasteiger partial charge in [0.1, 0.15) is 0 Å². The number of carbonyl (C=O) groups is 2. The standard InChI is InChI=1S/C22H34O8/c1-4-6-12-26-14-16-28-22(3,29-17-15-27-13-7-5-2)30-21(25)19-10-8-18(9-11-19)20(23)24/h8-11H,4-7,12-17H2,1-3H3,(H,23,24). The van der Waals surface area contributed by atoms with Gasteiger partial charge in [-0.1, -0.05) is 26.7 Å². The van der Waals surface area contributed by atoms with Crippen molar-refractivity contribution in [2.45, 2.75) is 52.4 Å². The highest BCUT2D eigenvalue weighted by molar-refractivity contribution is 5.92. The Balaban J connectivity index is 2.62. The van der Waals surface area contributed by atoms with Crippen molar-refractivity contribution in [1.82, 2.24) is 0 Å². The van der Waals surface area contributed by atoms with Crippen molar-refractivity contribution in [2.75, 3.05) is 39.6 Å². The molecule has 170 valence electrons. The van der Waals surface area contributed by atoms with E-state index in [2.05, 4.69) is 13.8 Å². The zero-order chi connectivity index (χ0) is 22.2. The molecule has 1 aromatic rings. The maximum Gasteiger partial charge on any atom is 0.342 e. The molecule has 0 unspecified atom stereocenters. The van der Waals surface area contributed by atoms with Crippen LogP contribution in [-0.4, -0.2) is 62.7 Å². The molecule has 8 heteroatoms. The van der Waals surface area contributed by atoms with Crippen LogP contribution < -0.4 is 0 Å². The topological polar surface area (TPSA) is 101 Å². The molecule has 8 nitrogen and oxygen atoms in total. The zero-order valence-corrected chi connectivity index (χ0v) is 18.2. The lowest BCUT2D eigenvalue weighted by atomic mass is 10.1. The predicted octanol–water partition coefficient (Wildman–Crippen LogP) is 3.88. The Bertz CT molecular complexity index is 598. The minimum absolute atomic E-state index is 0.0790. The second-order valence-electron chi connectivity index (χ2n) is 6.76. The van der Waals surface area contributed by atoms with Gasteiger partial charge in [0, 0.05) is 20.1 Å². The van der Waals surface area contributed by atoms with Gasteiger partial charge in [0.2, 0.25) is 0 Å². The molecule has 0 aliphatic rings. The fourth-order valence-electron chi connectivity index (χ4n) is 2.35. The van der Waals surface area contributed by atoms with E-state index in [0.717, 1.165) is 25.7 Å². The fourth-order valence-corrected chi connectivity index (χ4v) is 2.35. The number of carboxylic acids is 1. The quantitative estimate of drug-likeness (QED) is 0.228. The lowest BCUT2D eigenvalue weighted by molar-refractivity contribution is -0.348. The molecule has 0 aromatic heterocycles. The molecule has 0 aliphatic carbocycles. The molecule has 0 atom stereocenters. The fraction of sp³-hybridized carbons (Fsp3) is 0.636. The molecule has 0 bridgehead atoms. The lowest BCUT2D eigenvalue weighted by Crippen LogP contribution is -2.40. The Morgan fingerprint density at radius 2 is 1.27 bits per heavy atom. The number of benzene rings is 1. The molecule has 0 saturated carbocycles. The molecular weight excluding hydrogens is 392 g/mol. The van der Waals surface area contributed by atoms with E-state index in [1.54, 1.807) is 0 Å². The second-order valence-corrected chi connectivity index (χ2v) is 6.76. The van der Waals surface area contributed by atoms with Crippen LogP contribution in [-0.2, 0) is 23.7 Å². The van der Waals surface area contributed by atoms with Crippen molar-refractivity contribution in [3.05, 3.63) is 35.4 Å². The van der Waals surface area contributed by atoms with Gasteiger partial charge in [0.25, 0.3) is 0 Å². The van der Waals surface area contributed by atoms with Gasteiger partial charge in [-0.3, -0.25) is 0 Å². The van der Waals surface area contributed by atoms with Crippen LogP contribution in [0.25, 0.3) is 0 Å². The lowest BCUT2D eigenvalue weighted by Gasteiger charge is -2.29. The minimum Gasteiger partial charge on any atom is -0.478 e. The summed E-state index contributed by atoms with van der Waals surface area (Å²) in [6, 6.07) is 5.43. The number of ether oxygens (including phenoxy) is 5. The highest BCUT2D eigenvalue weighted by Gasteiger charge is 2.32. The first-order chi connectivity index (χ1) is 14.4. The number of hydrogen-bond acceptors (Lipinski definition) is 7. The monoisotopic (exact) mass is 426 g/mol. The van der Waals surface area contributed by atoms with Crippen molar-refractivity contribution in [2.24, 2.45) is 0 Å². The van der Waals surface area contributed by atoms with Gasteiger partial charge in [-0.2, -0.15) is 0 Å². The van der Waals surface area contributed by atoms with E-state index in [1.807, 2.05) is 0 Å². The van der Waals surface area contributed by atoms with Crippen LogP contribution in [0.4, 0.5) is 0 Å². The van der Waals surface area contributed by atoms with Crippen molar-refractivity contribution >= 4 is 11.9 Å². The van der Waals surface area contributed by atoms with E-state index in [4.69, 9.17) is 28.8 Å². The normalized spacial score (nSPS) is 11.4. The van der Waals surface area contributed by atoms with Crippen LogP contribution in [0.1, 0.15) is 67.2 Å². The summed E-state index contributed by atoms with van der Waals surface area (Å²) in [6.07, 6.45) is 4.00. The SMILES string of the molecule is CCCCOCCOC(C)(OCCOCCCC)OC(=O)c1ccc(C(=O)O)cc1. The van der Waals surface area contributed by atoms with Crippen molar-refractivity contribution in [3.8, 4) is 0 Å². The average molecular weight is 427 g/mol. The van der Waals surface area contributed by atoms with E-state index < -0.39 is 17.9 Å². The summed E-state index contributed by atoms with van der Waals surface area (Å²) in [6.45, 7) is 7.99. The van der Waals surface area contributed by atoms with Crippen LogP contribution in [0.2, 0.25) is 0 Å². The molecule has 1 aromatic carbocycles. The Morgan fingerprint density at radius 1 is 0.800 bits per heavy atom. The zero-order valence-electron chi connectivity index (χ0n) is 18.2. The van der Waals surface area contributed by atoms with Gasteiger partial charge in [0.05, 0.1) is 37.6 Å². The number of hydrogen-bond donors (Lipinski definition) is 1. The minimum atomic E-state index is -1.62. The van der Waals surface area contributed by atoms with E-state index >= 15 is 0 Å². The maximum absolute atomic E-state index is 12.5. The van der Waals surface area contributed by atoms with Crippen LogP contribution in [0.5, 0.6) is 0 Å². The van der Waals surface area contributed by atoms with E-state index in [-0.39, 0.29) is 24.3 Å². The van der Waals surface area contributed by atoms with Crippen LogP contribution >= 0.6 is 0 Å². The highest BCUT2D eigenvalue weighted by atomic mass is 16.9. The summed E-state index contributed by atoms with van der Waals surface area (Å²) in [5, 5.41) is 8.97. The number of carboxylic acid groups (broad SMARTS) is 1. The Kier molecular flexibility index (Phi) is 12.9. The Hall–Kier alpha value is -2.00. The summed E-state index contributed by atoms with van der Waals surface area (Å²) < 4.78 is 27.7. The van der Waals surface area contributed by atoms with Gasteiger partial charge < -0.3 is 28.8 Å². The van der Waals surface area contributed by atoms with Crippen molar-refractivity contribution in [1.29, 1.82) is 0 Å². The first-order valence-electron chi connectivity index (χ1n) is 10.4. The molecule has 30 heavy (non-hydrogen) atoms. The Morgan fingerprint density at radius 3 is 1.70 bits per heavy atom. The third kappa shape index (κ3) is 10.7. The van der Waals surface area contributed by atoms with Crippen molar-refractivity contribution in [3.63, 3.8) is 0 Å². The number of carbonyl (C=O) groups excluding carboxylic acids is 1. The molecule has 0 heterocycles. The molecule has 0 radical (unpaired) electrons. The molecule has 0 aliphatic heterocycles. The van der Waals surface area contributed by atoms with Gasteiger partial charge in [-0.15, -0.1) is 0 Å². The van der Waals surface area contributed by atoms with Gasteiger partial charge in [-0.05, 0) is 37.1 Å². The first-order valence-corrected chi connectivity index (χ1v) is 10.4. The molecule has 0 amide bonds. The Labute approximate surface area is 178 Å². The van der Waals surface area contributed by atoms with Crippen molar-refractivity contribution < 1.29 is 38.4 Å². The third-order valence-corrected chi connectivity index (χ3v) is 4.11. The van der Waals surface area contributed by atoms with Gasteiger partial charge in [0.15, 0.2) is 0 Å². The van der Waals surface area contributed by atoms with Crippen LogP contribution in [0.3, 0.4) is 0 Å². The number of unbranched alkanes of at least 4 members (excludes halogenated alkanes) is 2. The molecule has 1 N–H and O–H groups in total. The van der Waals surface area contributed by atoms with E-state index in [0.29, 0.717) is 26.4 Å². The van der Waals surface area contributed by atoms with Crippen LogP contribution in [0, 0.1) is 0 Å². The number of aromatic carboxylic acids is 1. The summed E-state index contributed by atoms with van der Waals surface area (Å²) in [5.41, 5.74) is 0.270. The summed E-state index contributed by atoms with van der Waals surface area (Å²) in [4.78, 5) is 23.5. The summed E-state index contributed by atoms with van der Waals surface area (Å²) in [7, 11) is 0. The van der Waals surface area contributed by atoms with Gasteiger partial charge in [-0.25, -0.2) is 9.59 Å². The smallest absolute Gasteiger partial charge is 0.342 e. The number of rotatable bonds is 17. The second kappa shape index (κ2) is 14.9. The van der Waals surface area contributed by atoms with E-state index in [1.165, 1.54) is 31.2 Å². The summed E-state index contributed by atoms with van der Waals surface area (Å²) in [5.74, 6) is -3.38. The molecule has 0 spiro atoms.